The number of hydrogen-bond acceptors (Lipinski definition) is 2. The van der Waals surface area contributed by atoms with Crippen LogP contribution in [0.3, 0.4) is 0 Å². The average Bonchev–Trinajstić information content (AvgIpc) is 2.61. The van der Waals surface area contributed by atoms with Crippen LogP contribution in [0, 0.1) is 5.92 Å². The van der Waals surface area contributed by atoms with Gasteiger partial charge in [-0.25, -0.2) is 0 Å². The fraction of sp³-hybridized carbons (Fsp3) is 0.650. The molecule has 0 aliphatic carbocycles. The molecule has 2 rings (SSSR count). The van der Waals surface area contributed by atoms with Crippen molar-refractivity contribution in [1.82, 2.24) is 9.80 Å². The summed E-state index contributed by atoms with van der Waals surface area (Å²) in [6.45, 7) is 11.3. The lowest BCUT2D eigenvalue weighted by molar-refractivity contribution is -0.137. The highest BCUT2D eigenvalue weighted by molar-refractivity contribution is 5.79. The van der Waals surface area contributed by atoms with Gasteiger partial charge in [0.25, 0.3) is 0 Å². The molecule has 1 fully saturated rings. The molecule has 128 valence electrons. The van der Waals surface area contributed by atoms with E-state index in [2.05, 4.69) is 56.0 Å². The minimum absolute atomic E-state index is 0.204. The van der Waals surface area contributed by atoms with E-state index in [4.69, 9.17) is 0 Å². The van der Waals surface area contributed by atoms with E-state index in [-0.39, 0.29) is 5.92 Å². The molecule has 3 heteroatoms. The van der Waals surface area contributed by atoms with Crippen molar-refractivity contribution in [2.24, 2.45) is 5.92 Å². The molecular formula is C20H32N2O. The van der Waals surface area contributed by atoms with Crippen LogP contribution in [-0.2, 0) is 4.79 Å². The number of rotatable bonds is 7. The number of carbonyl (C=O) groups is 1. The second-order valence-corrected chi connectivity index (χ2v) is 6.75. The molecule has 23 heavy (non-hydrogen) atoms. The summed E-state index contributed by atoms with van der Waals surface area (Å²) in [5.74, 6) is 1.14. The topological polar surface area (TPSA) is 23.6 Å². The quantitative estimate of drug-likeness (QED) is 0.764. The Bertz CT molecular complexity index is 470. The Kier molecular flexibility index (Phi) is 7.10. The molecule has 0 radical (unpaired) electrons. The van der Waals surface area contributed by atoms with Gasteiger partial charge in [0.1, 0.15) is 0 Å². The zero-order valence-electron chi connectivity index (χ0n) is 15.0. The van der Waals surface area contributed by atoms with Crippen molar-refractivity contribution in [3.8, 4) is 0 Å². The summed E-state index contributed by atoms with van der Waals surface area (Å²) in [6.07, 6.45) is 3.37. The number of hydrogen-bond donors (Lipinski definition) is 0. The Balaban J connectivity index is 1.83. The van der Waals surface area contributed by atoms with Gasteiger partial charge in [-0.3, -0.25) is 4.79 Å². The summed E-state index contributed by atoms with van der Waals surface area (Å²) in [5, 5.41) is 0. The molecule has 2 atom stereocenters. The van der Waals surface area contributed by atoms with E-state index in [1.165, 1.54) is 5.56 Å². The second-order valence-electron chi connectivity index (χ2n) is 6.75. The number of piperidine rings is 1. The first-order valence-electron chi connectivity index (χ1n) is 9.21. The maximum atomic E-state index is 12.6. The van der Waals surface area contributed by atoms with Gasteiger partial charge < -0.3 is 9.80 Å². The minimum Gasteiger partial charge on any atom is -0.343 e. The monoisotopic (exact) mass is 316 g/mol. The van der Waals surface area contributed by atoms with Crippen molar-refractivity contribution in [2.45, 2.75) is 46.0 Å². The van der Waals surface area contributed by atoms with Crippen LogP contribution in [0.2, 0.25) is 0 Å². The van der Waals surface area contributed by atoms with Crippen molar-refractivity contribution in [1.29, 1.82) is 0 Å². The normalized spacial score (nSPS) is 20.2. The summed E-state index contributed by atoms with van der Waals surface area (Å²) in [7, 11) is 0. The molecule has 1 saturated heterocycles. The van der Waals surface area contributed by atoms with E-state index in [0.717, 1.165) is 52.0 Å². The van der Waals surface area contributed by atoms with Crippen LogP contribution in [0.15, 0.2) is 30.3 Å². The van der Waals surface area contributed by atoms with Gasteiger partial charge in [-0.15, -0.1) is 0 Å². The molecule has 1 aliphatic rings. The summed E-state index contributed by atoms with van der Waals surface area (Å²) < 4.78 is 0. The molecule has 1 amide bonds. The van der Waals surface area contributed by atoms with Crippen molar-refractivity contribution < 1.29 is 4.79 Å². The zero-order chi connectivity index (χ0) is 16.7. The van der Waals surface area contributed by atoms with E-state index in [1.54, 1.807) is 0 Å². The molecule has 1 aliphatic heterocycles. The summed E-state index contributed by atoms with van der Waals surface area (Å²) in [4.78, 5) is 17.0. The van der Waals surface area contributed by atoms with Crippen LogP contribution in [0.1, 0.15) is 51.5 Å². The molecule has 3 nitrogen and oxygen atoms in total. The third-order valence-electron chi connectivity index (χ3n) is 5.18. The minimum atomic E-state index is 0.204. The third kappa shape index (κ3) is 5.07. The molecule has 1 aromatic carbocycles. The van der Waals surface area contributed by atoms with Crippen LogP contribution in [0.5, 0.6) is 0 Å². The van der Waals surface area contributed by atoms with Crippen LogP contribution in [0.4, 0.5) is 0 Å². The van der Waals surface area contributed by atoms with Crippen molar-refractivity contribution in [3.05, 3.63) is 35.9 Å². The van der Waals surface area contributed by atoms with Gasteiger partial charge in [0.05, 0.1) is 5.92 Å². The number of amides is 1. The van der Waals surface area contributed by atoms with Crippen LogP contribution in [0.25, 0.3) is 0 Å². The van der Waals surface area contributed by atoms with E-state index >= 15 is 0 Å². The maximum absolute atomic E-state index is 12.6. The van der Waals surface area contributed by atoms with Crippen molar-refractivity contribution >= 4 is 5.91 Å². The average molecular weight is 316 g/mol. The largest absolute Gasteiger partial charge is 0.343 e. The predicted octanol–water partition coefficient (Wildman–Crippen LogP) is 3.76. The molecule has 0 aromatic heterocycles. The summed E-state index contributed by atoms with van der Waals surface area (Å²) >= 11 is 0. The Morgan fingerprint density at radius 2 is 1.96 bits per heavy atom. The first-order valence-corrected chi connectivity index (χ1v) is 9.21. The Morgan fingerprint density at radius 1 is 1.26 bits per heavy atom. The standard InChI is InChI=1S/C20H32N2O/c1-4-22(5-2)20(23)19-12-9-14-21(16-19)15-13-17(3)18-10-7-6-8-11-18/h6-8,10-11,17,19H,4-5,9,12-16H2,1-3H3. The van der Waals surface area contributed by atoms with Crippen LogP contribution in [-0.4, -0.2) is 48.4 Å². The fourth-order valence-electron chi connectivity index (χ4n) is 3.58. The molecule has 0 saturated carbocycles. The molecule has 0 spiro atoms. The molecule has 0 bridgehead atoms. The summed E-state index contributed by atoms with van der Waals surface area (Å²) in [6, 6.07) is 10.7. The molecular weight excluding hydrogens is 284 g/mol. The molecule has 0 N–H and O–H groups in total. The smallest absolute Gasteiger partial charge is 0.226 e. The lowest BCUT2D eigenvalue weighted by Crippen LogP contribution is -2.45. The number of likely N-dealkylation sites (tertiary alicyclic amines) is 1. The zero-order valence-corrected chi connectivity index (χ0v) is 15.0. The lowest BCUT2D eigenvalue weighted by atomic mass is 9.94. The van der Waals surface area contributed by atoms with Gasteiger partial charge >= 0.3 is 0 Å². The lowest BCUT2D eigenvalue weighted by Gasteiger charge is -2.35. The Labute approximate surface area is 141 Å². The van der Waals surface area contributed by atoms with E-state index in [0.29, 0.717) is 11.8 Å². The SMILES string of the molecule is CCN(CC)C(=O)C1CCCN(CCC(C)c2ccccc2)C1. The molecule has 1 heterocycles. The highest BCUT2D eigenvalue weighted by Gasteiger charge is 2.28. The van der Waals surface area contributed by atoms with Crippen molar-refractivity contribution in [3.63, 3.8) is 0 Å². The fourth-order valence-corrected chi connectivity index (χ4v) is 3.58. The second kappa shape index (κ2) is 9.07. The van der Waals surface area contributed by atoms with Gasteiger partial charge in [0.2, 0.25) is 5.91 Å². The maximum Gasteiger partial charge on any atom is 0.226 e. The molecule has 1 aromatic rings. The Hall–Kier alpha value is -1.35. The van der Waals surface area contributed by atoms with E-state index < -0.39 is 0 Å². The van der Waals surface area contributed by atoms with Crippen LogP contribution < -0.4 is 0 Å². The highest BCUT2D eigenvalue weighted by Crippen LogP contribution is 2.22. The number of carbonyl (C=O) groups excluding carboxylic acids is 1. The first kappa shape index (κ1) is 18.0. The number of nitrogens with zero attached hydrogens (tertiary/aromatic N) is 2. The van der Waals surface area contributed by atoms with E-state index in [9.17, 15) is 4.79 Å². The predicted molar refractivity (Wildman–Crippen MR) is 96.6 cm³/mol. The van der Waals surface area contributed by atoms with Crippen molar-refractivity contribution in [2.75, 3.05) is 32.7 Å². The third-order valence-corrected chi connectivity index (χ3v) is 5.18. The summed E-state index contributed by atoms with van der Waals surface area (Å²) in [5.41, 5.74) is 1.42. The van der Waals surface area contributed by atoms with Gasteiger partial charge in [-0.05, 0) is 57.7 Å². The highest BCUT2D eigenvalue weighted by atomic mass is 16.2. The van der Waals surface area contributed by atoms with Gasteiger partial charge in [-0.1, -0.05) is 37.3 Å². The molecule has 2 unspecified atom stereocenters. The van der Waals surface area contributed by atoms with E-state index in [1.807, 2.05) is 4.90 Å². The van der Waals surface area contributed by atoms with Gasteiger partial charge in [-0.2, -0.15) is 0 Å². The Morgan fingerprint density at radius 3 is 2.61 bits per heavy atom. The van der Waals surface area contributed by atoms with Gasteiger partial charge in [0, 0.05) is 19.6 Å². The first-order chi connectivity index (χ1) is 11.2. The number of benzene rings is 1. The van der Waals surface area contributed by atoms with Gasteiger partial charge in [0.15, 0.2) is 0 Å². The van der Waals surface area contributed by atoms with Crippen LogP contribution >= 0.6 is 0 Å².